The summed E-state index contributed by atoms with van der Waals surface area (Å²) in [6, 6.07) is 10.1. The van der Waals surface area contributed by atoms with Gasteiger partial charge in [0.15, 0.2) is 0 Å². The van der Waals surface area contributed by atoms with Gasteiger partial charge in [-0.25, -0.2) is 0 Å². The van der Waals surface area contributed by atoms with Crippen molar-refractivity contribution in [3.05, 3.63) is 52.6 Å². The van der Waals surface area contributed by atoms with Crippen LogP contribution in [0.4, 0.5) is 0 Å². The van der Waals surface area contributed by atoms with E-state index in [-0.39, 0.29) is 38.4 Å². The SMILES string of the molecule is CCc1cc([Se]c2cc3c(cc2OCCOC(C)=O)C(C)(C)CCC3(C)C)ccc1C(=O)O. The second kappa shape index (κ2) is 9.90. The molecular formula is C27H34O5Se. The average Bonchev–Trinajstić information content (AvgIpc) is 2.74. The standard InChI is InChI=1S/C27H34O5Se/c1-7-18-14-19(8-9-20(18)25(29)30)33-24-16-22-21(26(3,4)10-11-27(22,5)6)15-23(24)32-13-12-31-17(2)28/h8-9,14-16H,7,10-13H2,1-6H3,(H,29,30). The number of benzene rings is 2. The van der Waals surface area contributed by atoms with Crippen LogP contribution in [0.3, 0.4) is 0 Å². The molecule has 0 unspecified atom stereocenters. The first-order valence-corrected chi connectivity index (χ1v) is 13.1. The summed E-state index contributed by atoms with van der Waals surface area (Å²) in [5, 5.41) is 9.47. The van der Waals surface area contributed by atoms with E-state index in [1.165, 1.54) is 18.1 Å². The molecule has 5 nitrogen and oxygen atoms in total. The molecule has 0 saturated heterocycles. The Balaban J connectivity index is 2.03. The molecule has 6 heteroatoms. The predicted molar refractivity (Wildman–Crippen MR) is 132 cm³/mol. The molecule has 0 atom stereocenters. The number of aromatic carboxylic acids is 1. The van der Waals surface area contributed by atoms with Crippen molar-refractivity contribution < 1.29 is 24.2 Å². The van der Waals surface area contributed by atoms with Crippen molar-refractivity contribution in [2.24, 2.45) is 0 Å². The van der Waals surface area contributed by atoms with Crippen LogP contribution in [0.5, 0.6) is 5.75 Å². The van der Waals surface area contributed by atoms with Gasteiger partial charge in [0.05, 0.1) is 0 Å². The number of aryl methyl sites for hydroxylation is 1. The van der Waals surface area contributed by atoms with Gasteiger partial charge in [-0.3, -0.25) is 0 Å². The number of hydrogen-bond donors (Lipinski definition) is 1. The summed E-state index contributed by atoms with van der Waals surface area (Å²) < 4.78 is 13.4. The third kappa shape index (κ3) is 5.80. The number of ether oxygens (including phenoxy) is 2. The van der Waals surface area contributed by atoms with Gasteiger partial charge in [-0.05, 0) is 0 Å². The number of rotatable bonds is 8. The molecule has 0 radical (unpaired) electrons. The molecule has 0 aliphatic heterocycles. The van der Waals surface area contributed by atoms with E-state index in [0.29, 0.717) is 18.6 Å². The minimum absolute atomic E-state index is 0.0584. The molecule has 0 saturated carbocycles. The zero-order chi connectivity index (χ0) is 24.4. The Morgan fingerprint density at radius 2 is 1.64 bits per heavy atom. The Kier molecular flexibility index (Phi) is 7.60. The molecule has 0 spiro atoms. The second-order valence-corrected chi connectivity index (χ2v) is 12.2. The van der Waals surface area contributed by atoms with Crippen molar-refractivity contribution in [3.63, 3.8) is 0 Å². The molecule has 0 amide bonds. The first kappa shape index (κ1) is 25.3. The van der Waals surface area contributed by atoms with Crippen molar-refractivity contribution >= 4 is 35.8 Å². The van der Waals surface area contributed by atoms with Crippen molar-refractivity contribution in [1.29, 1.82) is 0 Å². The van der Waals surface area contributed by atoms with Crippen molar-refractivity contribution in [3.8, 4) is 5.75 Å². The fourth-order valence-electron chi connectivity index (χ4n) is 4.37. The summed E-state index contributed by atoms with van der Waals surface area (Å²) in [7, 11) is 0. The van der Waals surface area contributed by atoms with Gasteiger partial charge in [0.25, 0.3) is 0 Å². The molecule has 0 heterocycles. The zero-order valence-corrected chi connectivity index (χ0v) is 22.1. The third-order valence-electron chi connectivity index (χ3n) is 6.48. The summed E-state index contributed by atoms with van der Waals surface area (Å²) in [6.07, 6.45) is 2.91. The Morgan fingerprint density at radius 3 is 2.21 bits per heavy atom. The molecule has 2 aromatic carbocycles. The number of carbonyl (C=O) groups is 2. The Hall–Kier alpha value is -2.30. The van der Waals surface area contributed by atoms with Gasteiger partial charge in [-0.15, -0.1) is 0 Å². The summed E-state index contributed by atoms with van der Waals surface area (Å²) in [6.45, 7) is 13.0. The van der Waals surface area contributed by atoms with Gasteiger partial charge in [-0.1, -0.05) is 0 Å². The quantitative estimate of drug-likeness (QED) is 0.327. The van der Waals surface area contributed by atoms with Crippen LogP contribution in [0, 0.1) is 0 Å². The maximum atomic E-state index is 11.5. The molecule has 2 aromatic rings. The van der Waals surface area contributed by atoms with Crippen molar-refractivity contribution in [2.75, 3.05) is 13.2 Å². The summed E-state index contributed by atoms with van der Waals surface area (Å²) in [4.78, 5) is 22.7. The predicted octanol–water partition coefficient (Wildman–Crippen LogP) is 3.89. The van der Waals surface area contributed by atoms with Crippen LogP contribution < -0.4 is 13.7 Å². The monoisotopic (exact) mass is 518 g/mol. The van der Waals surface area contributed by atoms with E-state index in [0.717, 1.165) is 33.1 Å². The van der Waals surface area contributed by atoms with E-state index in [1.807, 2.05) is 19.1 Å². The van der Waals surface area contributed by atoms with Crippen LogP contribution in [0.1, 0.15) is 81.4 Å². The average molecular weight is 518 g/mol. The number of carboxylic acids is 1. The number of hydrogen-bond acceptors (Lipinski definition) is 4. The van der Waals surface area contributed by atoms with Crippen molar-refractivity contribution in [2.45, 2.75) is 71.6 Å². The van der Waals surface area contributed by atoms with Crippen LogP contribution in [0.2, 0.25) is 0 Å². The maximum absolute atomic E-state index is 11.5. The first-order chi connectivity index (χ1) is 15.4. The summed E-state index contributed by atoms with van der Waals surface area (Å²) in [5.41, 5.74) is 4.02. The minimum atomic E-state index is -0.891. The molecule has 0 aromatic heterocycles. The number of carbonyl (C=O) groups excluding carboxylic acids is 1. The van der Waals surface area contributed by atoms with Gasteiger partial charge < -0.3 is 0 Å². The van der Waals surface area contributed by atoms with Gasteiger partial charge in [0.2, 0.25) is 0 Å². The van der Waals surface area contributed by atoms with E-state index >= 15 is 0 Å². The second-order valence-electron chi connectivity index (χ2n) is 9.88. The van der Waals surface area contributed by atoms with E-state index < -0.39 is 5.97 Å². The van der Waals surface area contributed by atoms with Gasteiger partial charge >= 0.3 is 203 Å². The Morgan fingerprint density at radius 1 is 1.00 bits per heavy atom. The van der Waals surface area contributed by atoms with E-state index in [2.05, 4.69) is 39.8 Å². The van der Waals surface area contributed by atoms with Crippen molar-refractivity contribution in [1.82, 2.24) is 0 Å². The fraction of sp³-hybridized carbons (Fsp3) is 0.481. The summed E-state index contributed by atoms with van der Waals surface area (Å²) >= 11 is -0.0651. The van der Waals surface area contributed by atoms with E-state index in [4.69, 9.17) is 9.47 Å². The van der Waals surface area contributed by atoms with Crippen LogP contribution >= 0.6 is 0 Å². The van der Waals surface area contributed by atoms with E-state index in [9.17, 15) is 14.7 Å². The fourth-order valence-corrected chi connectivity index (χ4v) is 6.44. The van der Waals surface area contributed by atoms with Gasteiger partial charge in [0.1, 0.15) is 0 Å². The number of esters is 1. The molecule has 3 rings (SSSR count). The number of carboxylic acid groups (broad SMARTS) is 1. The van der Waals surface area contributed by atoms with Crippen LogP contribution in [0.25, 0.3) is 0 Å². The van der Waals surface area contributed by atoms with Crippen LogP contribution in [0.15, 0.2) is 30.3 Å². The molecule has 1 aliphatic rings. The summed E-state index contributed by atoms with van der Waals surface area (Å²) in [5.74, 6) is -0.382. The third-order valence-corrected chi connectivity index (χ3v) is 8.64. The molecule has 1 aliphatic carbocycles. The van der Waals surface area contributed by atoms with Gasteiger partial charge in [-0.2, -0.15) is 0 Å². The molecule has 178 valence electrons. The zero-order valence-electron chi connectivity index (χ0n) is 20.4. The van der Waals surface area contributed by atoms with E-state index in [1.54, 1.807) is 6.07 Å². The molecule has 1 N–H and O–H groups in total. The van der Waals surface area contributed by atoms with Crippen LogP contribution in [-0.2, 0) is 26.8 Å². The molecule has 0 fully saturated rings. The topological polar surface area (TPSA) is 72.8 Å². The van der Waals surface area contributed by atoms with Crippen LogP contribution in [-0.4, -0.2) is 45.2 Å². The van der Waals surface area contributed by atoms with Gasteiger partial charge in [0, 0.05) is 0 Å². The normalized spacial score (nSPS) is 16.1. The molecular weight excluding hydrogens is 483 g/mol. The Labute approximate surface area is 203 Å². The molecule has 33 heavy (non-hydrogen) atoms. The molecule has 0 bridgehead atoms. The Bertz CT molecular complexity index is 1050. The first-order valence-electron chi connectivity index (χ1n) is 11.4. The number of fused-ring (bicyclic) bond motifs is 1.